The first-order chi connectivity index (χ1) is 15.6. The highest BCUT2D eigenvalue weighted by Crippen LogP contribution is 2.10. The molecule has 12 heteroatoms. The van der Waals surface area contributed by atoms with Gasteiger partial charge in [-0.25, -0.2) is 4.79 Å². The van der Waals surface area contributed by atoms with Crippen LogP contribution in [0.2, 0.25) is 0 Å². The van der Waals surface area contributed by atoms with Crippen LogP contribution in [0.4, 0.5) is 4.79 Å². The van der Waals surface area contributed by atoms with Crippen molar-refractivity contribution in [2.45, 2.75) is 65.6 Å². The van der Waals surface area contributed by atoms with Gasteiger partial charge in [-0.15, -0.1) is 0 Å². The van der Waals surface area contributed by atoms with Gasteiger partial charge < -0.3 is 28.6 Å². The summed E-state index contributed by atoms with van der Waals surface area (Å²) >= 11 is 0. The molecule has 0 aromatic heterocycles. The van der Waals surface area contributed by atoms with Crippen LogP contribution in [-0.4, -0.2) is 102 Å². The minimum atomic E-state index is -3.51. The van der Waals surface area contributed by atoms with E-state index in [0.717, 1.165) is 6.26 Å². The van der Waals surface area contributed by atoms with Gasteiger partial charge in [0.15, 0.2) is 0 Å². The lowest BCUT2D eigenvalue weighted by molar-refractivity contribution is -0.155. The summed E-state index contributed by atoms with van der Waals surface area (Å²) in [7, 11) is -3.51. The zero-order valence-electron chi connectivity index (χ0n) is 21.7. The summed E-state index contributed by atoms with van der Waals surface area (Å²) < 4.78 is 53.4. The Kier molecular flexibility index (Phi) is 15.5. The second-order valence-electron chi connectivity index (χ2n) is 9.52. The van der Waals surface area contributed by atoms with Crippen molar-refractivity contribution in [3.63, 3.8) is 0 Å². The van der Waals surface area contributed by atoms with E-state index in [-0.39, 0.29) is 45.5 Å². The van der Waals surface area contributed by atoms with Gasteiger partial charge in [0.25, 0.3) is 10.1 Å². The molecule has 0 aliphatic carbocycles. The van der Waals surface area contributed by atoms with E-state index in [1.165, 1.54) is 4.90 Å². The van der Waals surface area contributed by atoms with Crippen molar-refractivity contribution in [1.29, 1.82) is 0 Å². The second kappa shape index (κ2) is 16.2. The number of ether oxygens (including phenoxy) is 5. The number of hydrogen-bond donors (Lipinski definition) is 0. The SMILES string of the molecule is CC(C)(C)OC(=O)CCCOCCOCCN(CCOCCOS(C)(=O)=O)C(=O)OC(C)(C)C. The van der Waals surface area contributed by atoms with Crippen molar-refractivity contribution >= 4 is 22.2 Å². The topological polar surface area (TPSA) is 127 Å². The van der Waals surface area contributed by atoms with Gasteiger partial charge in [-0.1, -0.05) is 0 Å². The number of carbonyl (C=O) groups is 2. The van der Waals surface area contributed by atoms with Crippen molar-refractivity contribution in [2.75, 3.05) is 65.6 Å². The van der Waals surface area contributed by atoms with E-state index in [2.05, 4.69) is 4.18 Å². The first-order valence-corrected chi connectivity index (χ1v) is 13.2. The van der Waals surface area contributed by atoms with Crippen molar-refractivity contribution in [2.24, 2.45) is 0 Å². The molecule has 0 N–H and O–H groups in total. The fourth-order valence-electron chi connectivity index (χ4n) is 2.35. The molecule has 0 bridgehead atoms. The summed E-state index contributed by atoms with van der Waals surface area (Å²) in [6, 6.07) is 0. The maximum atomic E-state index is 12.4. The van der Waals surface area contributed by atoms with Crippen LogP contribution in [0.25, 0.3) is 0 Å². The first-order valence-electron chi connectivity index (χ1n) is 11.4. The molecule has 0 saturated carbocycles. The van der Waals surface area contributed by atoms with E-state index in [1.54, 1.807) is 20.8 Å². The maximum absolute atomic E-state index is 12.4. The number of esters is 1. The average Bonchev–Trinajstić information content (AvgIpc) is 2.63. The molecule has 11 nitrogen and oxygen atoms in total. The van der Waals surface area contributed by atoms with Gasteiger partial charge in [0.1, 0.15) is 11.2 Å². The third-order valence-electron chi connectivity index (χ3n) is 3.65. The first kappa shape index (κ1) is 32.5. The Hall–Kier alpha value is -1.47. The zero-order valence-corrected chi connectivity index (χ0v) is 22.5. The van der Waals surface area contributed by atoms with E-state index in [0.29, 0.717) is 32.7 Å². The standard InChI is InChI=1S/C22H43NO10S/c1-21(2,3)32-19(24)9-8-12-28-15-16-29-13-10-23(20(25)33-22(4,5)6)11-14-30-17-18-31-34(7,26)27/h8-18H2,1-7H3. The summed E-state index contributed by atoms with van der Waals surface area (Å²) in [4.78, 5) is 25.5. The van der Waals surface area contributed by atoms with Gasteiger partial charge in [-0.2, -0.15) is 8.42 Å². The highest BCUT2D eigenvalue weighted by atomic mass is 32.2. The molecule has 0 aliphatic rings. The Balaban J connectivity index is 4.11. The summed E-state index contributed by atoms with van der Waals surface area (Å²) in [5.74, 6) is -0.249. The molecular formula is C22H43NO10S. The van der Waals surface area contributed by atoms with Gasteiger partial charge in [0.2, 0.25) is 0 Å². The quantitative estimate of drug-likeness (QED) is 0.162. The molecule has 0 spiro atoms. The third-order valence-corrected chi connectivity index (χ3v) is 4.24. The van der Waals surface area contributed by atoms with Crippen LogP contribution < -0.4 is 0 Å². The Morgan fingerprint density at radius 1 is 0.706 bits per heavy atom. The van der Waals surface area contributed by atoms with Crippen LogP contribution in [0.3, 0.4) is 0 Å². The van der Waals surface area contributed by atoms with Gasteiger partial charge in [-0.3, -0.25) is 8.98 Å². The van der Waals surface area contributed by atoms with Crippen LogP contribution in [0.5, 0.6) is 0 Å². The summed E-state index contributed by atoms with van der Waals surface area (Å²) in [5.41, 5.74) is -1.13. The largest absolute Gasteiger partial charge is 0.460 e. The van der Waals surface area contributed by atoms with Crippen LogP contribution >= 0.6 is 0 Å². The van der Waals surface area contributed by atoms with Crippen molar-refractivity contribution in [1.82, 2.24) is 4.90 Å². The van der Waals surface area contributed by atoms with Crippen LogP contribution in [-0.2, 0) is 42.8 Å². The van der Waals surface area contributed by atoms with Gasteiger partial charge in [0, 0.05) is 26.1 Å². The maximum Gasteiger partial charge on any atom is 0.410 e. The Morgan fingerprint density at radius 2 is 1.18 bits per heavy atom. The summed E-state index contributed by atoms with van der Waals surface area (Å²) in [6.07, 6.45) is 1.33. The van der Waals surface area contributed by atoms with Crippen LogP contribution in [0.15, 0.2) is 0 Å². The molecule has 0 atom stereocenters. The molecule has 0 radical (unpaired) electrons. The summed E-state index contributed by atoms with van der Waals surface area (Å²) in [5, 5.41) is 0. The predicted molar refractivity (Wildman–Crippen MR) is 126 cm³/mol. The molecule has 1 amide bonds. The van der Waals surface area contributed by atoms with Crippen molar-refractivity contribution in [3.8, 4) is 0 Å². The molecule has 0 rings (SSSR count). The van der Waals surface area contributed by atoms with E-state index in [4.69, 9.17) is 23.7 Å². The smallest absolute Gasteiger partial charge is 0.410 e. The van der Waals surface area contributed by atoms with E-state index >= 15 is 0 Å². The third kappa shape index (κ3) is 22.3. The van der Waals surface area contributed by atoms with Crippen LogP contribution in [0, 0.1) is 0 Å². The van der Waals surface area contributed by atoms with E-state index in [1.807, 2.05) is 20.8 Å². The average molecular weight is 514 g/mol. The molecular weight excluding hydrogens is 470 g/mol. The Bertz CT molecular complexity index is 683. The molecule has 0 fully saturated rings. The number of hydrogen-bond acceptors (Lipinski definition) is 10. The molecule has 34 heavy (non-hydrogen) atoms. The normalized spacial score (nSPS) is 12.4. The second-order valence-corrected chi connectivity index (χ2v) is 11.2. The minimum absolute atomic E-state index is 0.0804. The summed E-state index contributed by atoms with van der Waals surface area (Å²) in [6.45, 7) is 12.9. The number of rotatable bonds is 17. The number of amides is 1. The number of nitrogens with zero attached hydrogens (tertiary/aromatic N) is 1. The lowest BCUT2D eigenvalue weighted by Crippen LogP contribution is -2.40. The Labute approximate surface area is 204 Å². The van der Waals surface area contributed by atoms with Gasteiger partial charge in [-0.05, 0) is 48.0 Å². The van der Waals surface area contributed by atoms with E-state index < -0.39 is 27.4 Å². The predicted octanol–water partition coefficient (Wildman–Crippen LogP) is 2.37. The molecule has 0 heterocycles. The molecule has 0 aliphatic heterocycles. The lowest BCUT2D eigenvalue weighted by atomic mass is 10.2. The fraction of sp³-hybridized carbons (Fsp3) is 0.909. The van der Waals surface area contributed by atoms with Crippen LogP contribution in [0.1, 0.15) is 54.4 Å². The highest BCUT2D eigenvalue weighted by molar-refractivity contribution is 7.85. The molecule has 0 aromatic carbocycles. The van der Waals surface area contributed by atoms with Gasteiger partial charge in [0.05, 0.1) is 45.9 Å². The molecule has 0 saturated heterocycles. The lowest BCUT2D eigenvalue weighted by Gasteiger charge is -2.27. The van der Waals surface area contributed by atoms with Crippen molar-refractivity contribution < 1.29 is 45.9 Å². The van der Waals surface area contributed by atoms with Gasteiger partial charge >= 0.3 is 12.1 Å². The molecule has 0 unspecified atom stereocenters. The number of carbonyl (C=O) groups excluding carboxylic acids is 2. The minimum Gasteiger partial charge on any atom is -0.460 e. The zero-order chi connectivity index (χ0) is 26.3. The monoisotopic (exact) mass is 513 g/mol. The highest BCUT2D eigenvalue weighted by Gasteiger charge is 2.22. The Morgan fingerprint density at radius 3 is 1.65 bits per heavy atom. The van der Waals surface area contributed by atoms with Crippen molar-refractivity contribution in [3.05, 3.63) is 0 Å². The molecule has 0 aromatic rings. The molecule has 202 valence electrons. The fourth-order valence-corrected chi connectivity index (χ4v) is 2.72. The van der Waals surface area contributed by atoms with E-state index in [9.17, 15) is 18.0 Å².